The van der Waals surface area contributed by atoms with Gasteiger partial charge >= 0.3 is 6.09 Å². The van der Waals surface area contributed by atoms with Crippen LogP contribution >= 0.6 is 11.3 Å². The largest absolute Gasteiger partial charge is 0.444 e. The third-order valence-electron chi connectivity index (χ3n) is 4.15. The zero-order chi connectivity index (χ0) is 20.6. The molecule has 0 aliphatic heterocycles. The van der Waals surface area contributed by atoms with Crippen LogP contribution in [-0.4, -0.2) is 59.8 Å². The van der Waals surface area contributed by atoms with E-state index in [0.29, 0.717) is 25.7 Å². The molecule has 1 aromatic heterocycles. The second-order valence-electron chi connectivity index (χ2n) is 7.92. The Kier molecular flexibility index (Phi) is 8.54. The molecule has 158 valence electrons. The topological polar surface area (TPSA) is 78.9 Å². The normalized spacial score (nSPS) is 14.7. The van der Waals surface area contributed by atoms with Crippen LogP contribution in [0.2, 0.25) is 0 Å². The Hall–Kier alpha value is -1.83. The first-order valence-electron chi connectivity index (χ1n) is 10.3. The minimum atomic E-state index is -0.471. The summed E-state index contributed by atoms with van der Waals surface area (Å²) in [7, 11) is 0. The van der Waals surface area contributed by atoms with Crippen molar-refractivity contribution in [2.24, 2.45) is 4.99 Å². The molecule has 8 heteroatoms. The van der Waals surface area contributed by atoms with Gasteiger partial charge in [0, 0.05) is 49.7 Å². The summed E-state index contributed by atoms with van der Waals surface area (Å²) in [6, 6.07) is 0.314. The minimum Gasteiger partial charge on any atom is -0.444 e. The Balaban J connectivity index is 1.81. The van der Waals surface area contributed by atoms with Crippen molar-refractivity contribution in [2.75, 3.05) is 26.2 Å². The Bertz CT molecular complexity index is 649. The molecule has 0 aromatic carbocycles. The number of aromatic nitrogens is 1. The quantitative estimate of drug-likeness (QED) is 0.484. The molecule has 0 saturated heterocycles. The molecule has 0 atom stereocenters. The monoisotopic (exact) mass is 409 g/mol. The molecule has 2 N–H and O–H groups in total. The lowest BCUT2D eigenvalue weighted by Crippen LogP contribution is -2.45. The van der Waals surface area contributed by atoms with E-state index in [9.17, 15) is 4.79 Å². The zero-order valence-corrected chi connectivity index (χ0v) is 18.7. The summed E-state index contributed by atoms with van der Waals surface area (Å²) in [6.07, 6.45) is 5.71. The number of rotatable bonds is 9. The Morgan fingerprint density at radius 1 is 1.36 bits per heavy atom. The highest BCUT2D eigenvalue weighted by Crippen LogP contribution is 2.28. The molecular weight excluding hydrogens is 374 g/mol. The SMILES string of the molecule is CCNC(=NCCc1ncc(CC)s1)NCCN(C(=O)OC(C)(C)C)C1CC1. The summed E-state index contributed by atoms with van der Waals surface area (Å²) in [5, 5.41) is 7.71. The fourth-order valence-electron chi connectivity index (χ4n) is 2.66. The van der Waals surface area contributed by atoms with E-state index in [4.69, 9.17) is 4.74 Å². The van der Waals surface area contributed by atoms with Crippen LogP contribution in [0.3, 0.4) is 0 Å². The summed E-state index contributed by atoms with van der Waals surface area (Å²) < 4.78 is 5.54. The number of ether oxygens (including phenoxy) is 1. The molecule has 1 amide bonds. The van der Waals surface area contributed by atoms with Gasteiger partial charge in [-0.15, -0.1) is 11.3 Å². The van der Waals surface area contributed by atoms with E-state index in [-0.39, 0.29) is 6.09 Å². The molecule has 1 aliphatic carbocycles. The van der Waals surface area contributed by atoms with Crippen molar-refractivity contribution in [3.05, 3.63) is 16.1 Å². The molecule has 1 saturated carbocycles. The van der Waals surface area contributed by atoms with Crippen LogP contribution in [0.4, 0.5) is 4.79 Å². The van der Waals surface area contributed by atoms with Gasteiger partial charge in [0.1, 0.15) is 5.60 Å². The maximum absolute atomic E-state index is 12.4. The van der Waals surface area contributed by atoms with Gasteiger partial charge in [0.15, 0.2) is 5.96 Å². The Morgan fingerprint density at radius 3 is 2.68 bits per heavy atom. The number of thiazole rings is 1. The van der Waals surface area contributed by atoms with E-state index in [2.05, 4.69) is 27.5 Å². The van der Waals surface area contributed by atoms with Crippen molar-refractivity contribution in [1.29, 1.82) is 0 Å². The molecule has 0 radical (unpaired) electrons. The van der Waals surface area contributed by atoms with Crippen LogP contribution in [0, 0.1) is 0 Å². The van der Waals surface area contributed by atoms with Crippen LogP contribution in [0.5, 0.6) is 0 Å². The van der Waals surface area contributed by atoms with E-state index >= 15 is 0 Å². The number of nitrogens with zero attached hydrogens (tertiary/aromatic N) is 3. The lowest BCUT2D eigenvalue weighted by atomic mass is 10.2. The number of carbonyl (C=O) groups excluding carboxylic acids is 1. The van der Waals surface area contributed by atoms with Crippen molar-refractivity contribution in [3.8, 4) is 0 Å². The highest BCUT2D eigenvalue weighted by Gasteiger charge is 2.34. The number of aryl methyl sites for hydroxylation is 1. The predicted octanol–water partition coefficient (Wildman–Crippen LogP) is 3.20. The van der Waals surface area contributed by atoms with E-state index < -0.39 is 5.60 Å². The molecule has 1 aliphatic rings. The van der Waals surface area contributed by atoms with Crippen LogP contribution in [0.1, 0.15) is 57.3 Å². The first kappa shape index (κ1) is 22.5. The fraction of sp³-hybridized carbons (Fsp3) is 0.750. The van der Waals surface area contributed by atoms with Crippen molar-refractivity contribution >= 4 is 23.4 Å². The second-order valence-corrected chi connectivity index (χ2v) is 9.12. The summed E-state index contributed by atoms with van der Waals surface area (Å²) in [4.78, 5) is 24.6. The van der Waals surface area contributed by atoms with Crippen molar-refractivity contribution in [1.82, 2.24) is 20.5 Å². The van der Waals surface area contributed by atoms with Crippen LogP contribution in [0.25, 0.3) is 0 Å². The van der Waals surface area contributed by atoms with Crippen molar-refractivity contribution < 1.29 is 9.53 Å². The second kappa shape index (κ2) is 10.6. The lowest BCUT2D eigenvalue weighted by Gasteiger charge is -2.27. The van der Waals surface area contributed by atoms with Crippen LogP contribution in [-0.2, 0) is 17.6 Å². The van der Waals surface area contributed by atoms with Gasteiger partial charge in [-0.1, -0.05) is 6.92 Å². The lowest BCUT2D eigenvalue weighted by molar-refractivity contribution is 0.0238. The van der Waals surface area contributed by atoms with Gasteiger partial charge in [-0.2, -0.15) is 0 Å². The predicted molar refractivity (Wildman–Crippen MR) is 115 cm³/mol. The molecule has 1 heterocycles. The van der Waals surface area contributed by atoms with Crippen LogP contribution < -0.4 is 10.6 Å². The van der Waals surface area contributed by atoms with Gasteiger partial charge in [0.05, 0.1) is 5.01 Å². The van der Waals surface area contributed by atoms with Gasteiger partial charge in [0.25, 0.3) is 0 Å². The Labute approximate surface area is 173 Å². The summed E-state index contributed by atoms with van der Waals surface area (Å²) in [5.41, 5.74) is -0.471. The maximum Gasteiger partial charge on any atom is 0.410 e. The number of hydrogen-bond donors (Lipinski definition) is 2. The van der Waals surface area contributed by atoms with E-state index in [1.54, 1.807) is 11.3 Å². The van der Waals surface area contributed by atoms with Crippen molar-refractivity contribution in [2.45, 2.75) is 71.9 Å². The molecular formula is C20H35N5O2S. The molecule has 0 bridgehead atoms. The van der Waals surface area contributed by atoms with E-state index in [1.807, 2.05) is 38.8 Å². The average molecular weight is 410 g/mol. The molecule has 28 heavy (non-hydrogen) atoms. The third-order valence-corrected chi connectivity index (χ3v) is 5.35. The average Bonchev–Trinajstić information content (AvgIpc) is 3.34. The van der Waals surface area contributed by atoms with E-state index in [1.165, 1.54) is 4.88 Å². The van der Waals surface area contributed by atoms with Crippen LogP contribution in [0.15, 0.2) is 11.2 Å². The minimum absolute atomic E-state index is 0.228. The number of amides is 1. The molecule has 1 aromatic rings. The number of carbonyl (C=O) groups is 1. The number of aliphatic imine (C=N–C) groups is 1. The molecule has 1 fully saturated rings. The summed E-state index contributed by atoms with van der Waals surface area (Å²) in [6.45, 7) is 12.6. The third kappa shape index (κ3) is 8.04. The molecule has 2 rings (SSSR count). The molecule has 7 nitrogen and oxygen atoms in total. The summed E-state index contributed by atoms with van der Waals surface area (Å²) in [5.74, 6) is 0.773. The smallest absolute Gasteiger partial charge is 0.410 e. The van der Waals surface area contributed by atoms with Crippen molar-refractivity contribution in [3.63, 3.8) is 0 Å². The zero-order valence-electron chi connectivity index (χ0n) is 17.9. The number of nitrogens with one attached hydrogen (secondary N) is 2. The highest BCUT2D eigenvalue weighted by molar-refractivity contribution is 7.11. The molecule has 0 unspecified atom stereocenters. The van der Waals surface area contributed by atoms with Gasteiger partial charge in [-0.25, -0.2) is 9.78 Å². The number of guanidine groups is 1. The number of hydrogen-bond acceptors (Lipinski definition) is 5. The van der Waals surface area contributed by atoms with Gasteiger partial charge in [-0.3, -0.25) is 4.99 Å². The first-order valence-corrected chi connectivity index (χ1v) is 11.1. The van der Waals surface area contributed by atoms with Gasteiger partial charge in [-0.05, 0) is 47.0 Å². The van der Waals surface area contributed by atoms with E-state index in [0.717, 1.165) is 43.2 Å². The summed E-state index contributed by atoms with van der Waals surface area (Å²) >= 11 is 1.76. The molecule has 0 spiro atoms. The maximum atomic E-state index is 12.4. The van der Waals surface area contributed by atoms with Gasteiger partial charge < -0.3 is 20.3 Å². The highest BCUT2D eigenvalue weighted by atomic mass is 32.1. The Morgan fingerprint density at radius 2 is 2.11 bits per heavy atom. The first-order chi connectivity index (χ1) is 13.3. The van der Waals surface area contributed by atoms with Gasteiger partial charge in [0.2, 0.25) is 0 Å². The fourth-order valence-corrected chi connectivity index (χ4v) is 3.51. The standard InChI is InChI=1S/C20H35N5O2S/c1-6-16-14-24-17(28-16)10-11-22-18(21-7-2)23-12-13-25(15-8-9-15)19(26)27-20(3,4)5/h14-15H,6-13H2,1-5H3,(H2,21,22,23).